The average molecular weight is 285 g/mol. The van der Waals surface area contributed by atoms with Crippen molar-refractivity contribution in [3.8, 4) is 0 Å². The summed E-state index contributed by atoms with van der Waals surface area (Å²) >= 11 is 0. The number of likely N-dealkylation sites (tertiary alicyclic amines) is 1. The molecule has 0 radical (unpaired) electrons. The van der Waals surface area contributed by atoms with Crippen LogP contribution in [0, 0.1) is 5.92 Å². The summed E-state index contributed by atoms with van der Waals surface area (Å²) in [6.07, 6.45) is 3.04. The SMILES string of the molecule is CC(C)(C)OC(=O)N1CCC(C2CC(O)CCO2)CC1. The van der Waals surface area contributed by atoms with Crippen LogP contribution in [0.4, 0.5) is 4.79 Å². The zero-order valence-electron chi connectivity index (χ0n) is 12.8. The van der Waals surface area contributed by atoms with Crippen molar-refractivity contribution in [3.05, 3.63) is 0 Å². The second kappa shape index (κ2) is 6.31. The molecule has 2 rings (SSSR count). The molecule has 5 nitrogen and oxygen atoms in total. The first-order valence-corrected chi connectivity index (χ1v) is 7.63. The molecular weight excluding hydrogens is 258 g/mol. The van der Waals surface area contributed by atoms with Crippen LogP contribution in [0.2, 0.25) is 0 Å². The Morgan fingerprint density at radius 3 is 2.45 bits per heavy atom. The number of nitrogens with zero attached hydrogens (tertiary/aromatic N) is 1. The van der Waals surface area contributed by atoms with Gasteiger partial charge in [-0.2, -0.15) is 0 Å². The highest BCUT2D eigenvalue weighted by Gasteiger charge is 2.33. The zero-order valence-corrected chi connectivity index (χ0v) is 12.8. The third kappa shape index (κ3) is 4.35. The molecule has 0 bridgehead atoms. The summed E-state index contributed by atoms with van der Waals surface area (Å²) in [6.45, 7) is 7.74. The summed E-state index contributed by atoms with van der Waals surface area (Å²) < 4.78 is 11.2. The summed E-state index contributed by atoms with van der Waals surface area (Å²) in [7, 11) is 0. The van der Waals surface area contributed by atoms with Gasteiger partial charge in [0.05, 0.1) is 12.2 Å². The molecule has 1 amide bonds. The molecule has 20 heavy (non-hydrogen) atoms. The average Bonchev–Trinajstić information content (AvgIpc) is 2.37. The van der Waals surface area contributed by atoms with Crippen LogP contribution in [0.15, 0.2) is 0 Å². The Kier molecular flexibility index (Phi) is 4.91. The molecule has 0 saturated carbocycles. The van der Waals surface area contributed by atoms with Crippen molar-refractivity contribution in [2.24, 2.45) is 5.92 Å². The second-order valence-corrected chi connectivity index (χ2v) is 6.89. The van der Waals surface area contributed by atoms with Gasteiger partial charge in [-0.05, 0) is 52.4 Å². The van der Waals surface area contributed by atoms with Gasteiger partial charge in [-0.15, -0.1) is 0 Å². The number of carbonyl (C=O) groups is 1. The molecule has 2 aliphatic heterocycles. The topological polar surface area (TPSA) is 59.0 Å². The van der Waals surface area contributed by atoms with E-state index in [0.717, 1.165) is 38.8 Å². The Balaban J connectivity index is 1.78. The lowest BCUT2D eigenvalue weighted by atomic mass is 9.87. The molecule has 2 aliphatic rings. The van der Waals surface area contributed by atoms with Gasteiger partial charge in [-0.3, -0.25) is 0 Å². The van der Waals surface area contributed by atoms with E-state index in [0.29, 0.717) is 12.5 Å². The lowest BCUT2D eigenvalue weighted by molar-refractivity contribution is -0.0801. The van der Waals surface area contributed by atoms with Crippen LogP contribution in [-0.2, 0) is 9.47 Å². The largest absolute Gasteiger partial charge is 0.444 e. The fourth-order valence-corrected chi connectivity index (χ4v) is 2.92. The van der Waals surface area contributed by atoms with E-state index in [1.165, 1.54) is 0 Å². The van der Waals surface area contributed by atoms with Gasteiger partial charge in [0.2, 0.25) is 0 Å². The predicted octanol–water partition coefficient (Wildman–Crippen LogP) is 2.17. The second-order valence-electron chi connectivity index (χ2n) is 6.89. The quantitative estimate of drug-likeness (QED) is 0.802. The van der Waals surface area contributed by atoms with Gasteiger partial charge < -0.3 is 19.5 Å². The third-order valence-corrected chi connectivity index (χ3v) is 4.00. The number of carbonyl (C=O) groups excluding carboxylic acids is 1. The van der Waals surface area contributed by atoms with Crippen LogP contribution in [0.3, 0.4) is 0 Å². The van der Waals surface area contributed by atoms with E-state index in [4.69, 9.17) is 9.47 Å². The highest BCUT2D eigenvalue weighted by Crippen LogP contribution is 2.29. The Labute approximate surface area is 121 Å². The smallest absolute Gasteiger partial charge is 0.410 e. The highest BCUT2D eigenvalue weighted by atomic mass is 16.6. The molecule has 0 aromatic carbocycles. The van der Waals surface area contributed by atoms with Crippen LogP contribution in [0.1, 0.15) is 46.5 Å². The minimum Gasteiger partial charge on any atom is -0.444 e. The molecule has 0 aliphatic carbocycles. The molecule has 2 atom stereocenters. The molecule has 0 aromatic heterocycles. The van der Waals surface area contributed by atoms with Gasteiger partial charge in [0, 0.05) is 19.7 Å². The van der Waals surface area contributed by atoms with Crippen molar-refractivity contribution in [1.82, 2.24) is 4.90 Å². The normalized spacial score (nSPS) is 29.3. The lowest BCUT2D eigenvalue weighted by Gasteiger charge is -2.38. The number of hydrogen-bond donors (Lipinski definition) is 1. The van der Waals surface area contributed by atoms with E-state index in [1.807, 2.05) is 20.8 Å². The monoisotopic (exact) mass is 285 g/mol. The maximum absolute atomic E-state index is 12.0. The van der Waals surface area contributed by atoms with Gasteiger partial charge in [-0.1, -0.05) is 0 Å². The van der Waals surface area contributed by atoms with Crippen molar-refractivity contribution in [2.45, 2.75) is 64.3 Å². The first-order valence-electron chi connectivity index (χ1n) is 7.63. The summed E-state index contributed by atoms with van der Waals surface area (Å²) in [6, 6.07) is 0. The Hall–Kier alpha value is -0.810. The molecule has 0 aromatic rings. The molecule has 0 spiro atoms. The van der Waals surface area contributed by atoms with E-state index in [-0.39, 0.29) is 18.3 Å². The third-order valence-electron chi connectivity index (χ3n) is 4.00. The molecular formula is C15H27NO4. The number of amides is 1. The summed E-state index contributed by atoms with van der Waals surface area (Å²) in [5.41, 5.74) is -0.440. The summed E-state index contributed by atoms with van der Waals surface area (Å²) in [5, 5.41) is 9.71. The number of rotatable bonds is 1. The lowest BCUT2D eigenvalue weighted by Crippen LogP contribution is -2.45. The standard InChI is InChI=1S/C15H27NO4/c1-15(2,3)20-14(18)16-7-4-11(5-8-16)13-10-12(17)6-9-19-13/h11-13,17H,4-10H2,1-3H3. The predicted molar refractivity (Wildman–Crippen MR) is 75.5 cm³/mol. The highest BCUT2D eigenvalue weighted by molar-refractivity contribution is 5.68. The fourth-order valence-electron chi connectivity index (χ4n) is 2.92. The number of ether oxygens (including phenoxy) is 2. The summed E-state index contributed by atoms with van der Waals surface area (Å²) in [4.78, 5) is 13.8. The van der Waals surface area contributed by atoms with Crippen LogP contribution >= 0.6 is 0 Å². The Morgan fingerprint density at radius 1 is 1.25 bits per heavy atom. The van der Waals surface area contributed by atoms with Gasteiger partial charge in [0.25, 0.3) is 0 Å². The maximum Gasteiger partial charge on any atom is 0.410 e. The number of aliphatic hydroxyl groups is 1. The van der Waals surface area contributed by atoms with Crippen LogP contribution < -0.4 is 0 Å². The molecule has 2 unspecified atom stereocenters. The van der Waals surface area contributed by atoms with Gasteiger partial charge in [0.1, 0.15) is 5.60 Å². The molecule has 5 heteroatoms. The van der Waals surface area contributed by atoms with Crippen molar-refractivity contribution in [1.29, 1.82) is 0 Å². The molecule has 2 heterocycles. The van der Waals surface area contributed by atoms with E-state index in [1.54, 1.807) is 4.90 Å². The van der Waals surface area contributed by atoms with Crippen molar-refractivity contribution >= 4 is 6.09 Å². The van der Waals surface area contributed by atoms with Crippen molar-refractivity contribution in [2.75, 3.05) is 19.7 Å². The Bertz CT molecular complexity index is 331. The van der Waals surface area contributed by atoms with Crippen molar-refractivity contribution in [3.63, 3.8) is 0 Å². The molecule has 2 saturated heterocycles. The van der Waals surface area contributed by atoms with E-state index < -0.39 is 5.60 Å². The van der Waals surface area contributed by atoms with E-state index in [9.17, 15) is 9.90 Å². The number of piperidine rings is 1. The Morgan fingerprint density at radius 2 is 1.90 bits per heavy atom. The van der Waals surface area contributed by atoms with Crippen molar-refractivity contribution < 1.29 is 19.4 Å². The summed E-state index contributed by atoms with van der Waals surface area (Å²) in [5.74, 6) is 0.448. The first kappa shape index (κ1) is 15.6. The molecule has 116 valence electrons. The molecule has 1 N–H and O–H groups in total. The molecule has 2 fully saturated rings. The van der Waals surface area contributed by atoms with Gasteiger partial charge in [-0.25, -0.2) is 4.79 Å². The minimum absolute atomic E-state index is 0.152. The zero-order chi connectivity index (χ0) is 14.8. The van der Waals surface area contributed by atoms with E-state index in [2.05, 4.69) is 0 Å². The van der Waals surface area contributed by atoms with Gasteiger partial charge >= 0.3 is 6.09 Å². The minimum atomic E-state index is -0.440. The number of aliphatic hydroxyl groups excluding tert-OH is 1. The maximum atomic E-state index is 12.0. The van der Waals surface area contributed by atoms with E-state index >= 15 is 0 Å². The fraction of sp³-hybridized carbons (Fsp3) is 0.933. The number of hydrogen-bond acceptors (Lipinski definition) is 4. The van der Waals surface area contributed by atoms with Crippen LogP contribution in [-0.4, -0.2) is 53.6 Å². The first-order chi connectivity index (χ1) is 9.35. The van der Waals surface area contributed by atoms with Crippen LogP contribution in [0.25, 0.3) is 0 Å². The van der Waals surface area contributed by atoms with Crippen LogP contribution in [0.5, 0.6) is 0 Å². The van der Waals surface area contributed by atoms with Gasteiger partial charge in [0.15, 0.2) is 0 Å².